The molecule has 0 saturated carbocycles. The minimum absolute atomic E-state index is 0.00858. The monoisotopic (exact) mass is 346 g/mol. The number of aliphatic hydroxyl groups excluding tert-OH is 1. The summed E-state index contributed by atoms with van der Waals surface area (Å²) in [4.78, 5) is 12.5. The molecule has 1 fully saturated rings. The number of carbonyl (C=O) groups is 1. The van der Waals surface area contributed by atoms with E-state index < -0.39 is 5.41 Å². The summed E-state index contributed by atoms with van der Waals surface area (Å²) in [5, 5.41) is 19.8. The summed E-state index contributed by atoms with van der Waals surface area (Å²) in [7, 11) is 0. The van der Waals surface area contributed by atoms with Crippen LogP contribution >= 0.6 is 11.3 Å². The quantitative estimate of drug-likeness (QED) is 0.777. The molecule has 0 bridgehead atoms. The molecule has 0 radical (unpaired) electrons. The first-order valence-corrected chi connectivity index (χ1v) is 9.01. The van der Waals surface area contributed by atoms with Gasteiger partial charge in [-0.2, -0.15) is 11.3 Å². The molecule has 24 heavy (non-hydrogen) atoms. The number of ether oxygens (including phenoxy) is 1. The van der Waals surface area contributed by atoms with Crippen LogP contribution in [0.3, 0.4) is 0 Å². The zero-order chi connectivity index (χ0) is 16.8. The molecule has 1 aromatic heterocycles. The van der Waals surface area contributed by atoms with E-state index in [0.29, 0.717) is 26.1 Å². The van der Waals surface area contributed by atoms with Gasteiger partial charge in [0.1, 0.15) is 0 Å². The van der Waals surface area contributed by atoms with Crippen LogP contribution in [0.5, 0.6) is 0 Å². The molecule has 2 amide bonds. The fraction of sp³-hybridized carbons (Fsp3) is 0.389. The molecule has 1 unspecified atom stereocenters. The van der Waals surface area contributed by atoms with Gasteiger partial charge in [-0.25, -0.2) is 4.79 Å². The van der Waals surface area contributed by atoms with Crippen LogP contribution in [-0.2, 0) is 4.74 Å². The van der Waals surface area contributed by atoms with E-state index in [2.05, 4.69) is 10.6 Å². The van der Waals surface area contributed by atoms with Crippen LogP contribution in [0.15, 0.2) is 47.2 Å². The highest BCUT2D eigenvalue weighted by atomic mass is 32.1. The summed E-state index contributed by atoms with van der Waals surface area (Å²) in [5.74, 6) is 0. The van der Waals surface area contributed by atoms with Crippen molar-refractivity contribution in [2.75, 3.05) is 25.1 Å². The number of thiophene rings is 1. The van der Waals surface area contributed by atoms with E-state index in [0.717, 1.165) is 11.3 Å². The minimum atomic E-state index is -0.411. The maximum absolute atomic E-state index is 12.5. The van der Waals surface area contributed by atoms with Gasteiger partial charge in [0, 0.05) is 24.0 Å². The third kappa shape index (κ3) is 3.77. The zero-order valence-corrected chi connectivity index (χ0v) is 14.2. The lowest BCUT2D eigenvalue weighted by molar-refractivity contribution is -0.0357. The van der Waals surface area contributed by atoms with Crippen LogP contribution in [-0.4, -0.2) is 31.0 Å². The highest BCUT2D eigenvalue weighted by Crippen LogP contribution is 2.42. The maximum Gasteiger partial charge on any atom is 0.319 e. The van der Waals surface area contributed by atoms with Gasteiger partial charge in [0.05, 0.1) is 18.3 Å². The van der Waals surface area contributed by atoms with Crippen LogP contribution in [0, 0.1) is 5.41 Å². The lowest BCUT2D eigenvalue weighted by atomic mass is 9.72. The van der Waals surface area contributed by atoms with Crippen molar-refractivity contribution in [1.29, 1.82) is 0 Å². The fourth-order valence-corrected chi connectivity index (χ4v) is 3.77. The van der Waals surface area contributed by atoms with Crippen LogP contribution < -0.4 is 10.6 Å². The minimum Gasteiger partial charge on any atom is -0.396 e. The first-order valence-electron chi connectivity index (χ1n) is 8.07. The third-order valence-electron chi connectivity index (χ3n) is 4.60. The Balaban J connectivity index is 1.83. The molecule has 1 aliphatic heterocycles. The van der Waals surface area contributed by atoms with Gasteiger partial charge in [-0.05, 0) is 29.9 Å². The van der Waals surface area contributed by atoms with Gasteiger partial charge in [0.25, 0.3) is 0 Å². The lowest BCUT2D eigenvalue weighted by Gasteiger charge is -2.42. The summed E-state index contributed by atoms with van der Waals surface area (Å²) in [5.41, 5.74) is 1.36. The number of anilines is 1. The van der Waals surface area contributed by atoms with Crippen molar-refractivity contribution in [2.45, 2.75) is 18.9 Å². The Labute approximate surface area is 145 Å². The summed E-state index contributed by atoms with van der Waals surface area (Å²) < 4.78 is 5.46. The maximum atomic E-state index is 12.5. The molecule has 1 atom stereocenters. The van der Waals surface area contributed by atoms with E-state index >= 15 is 0 Å². The Morgan fingerprint density at radius 1 is 1.25 bits per heavy atom. The molecule has 6 heteroatoms. The average molecular weight is 346 g/mol. The SMILES string of the molecule is O=C(Nc1ccsc1)NC(c1ccccc1)C1(CO)CCOCC1. The summed E-state index contributed by atoms with van der Waals surface area (Å²) in [6.45, 7) is 1.20. The first-order chi connectivity index (χ1) is 11.7. The van der Waals surface area contributed by atoms with E-state index in [9.17, 15) is 9.90 Å². The predicted molar refractivity (Wildman–Crippen MR) is 95.2 cm³/mol. The Kier molecular flexibility index (Phi) is 5.50. The normalized spacial score (nSPS) is 17.9. The van der Waals surface area contributed by atoms with Crippen LogP contribution in [0.1, 0.15) is 24.4 Å². The molecule has 3 N–H and O–H groups in total. The summed E-state index contributed by atoms with van der Waals surface area (Å²) in [6.07, 6.45) is 1.42. The van der Waals surface area contributed by atoms with Crippen molar-refractivity contribution in [3.8, 4) is 0 Å². The largest absolute Gasteiger partial charge is 0.396 e. The van der Waals surface area contributed by atoms with Gasteiger partial charge >= 0.3 is 6.03 Å². The van der Waals surface area contributed by atoms with Gasteiger partial charge in [-0.15, -0.1) is 0 Å². The standard InChI is InChI=1S/C18H22N2O3S/c21-13-18(7-9-23-10-8-18)16(14-4-2-1-3-5-14)20-17(22)19-15-6-11-24-12-15/h1-6,11-12,16,21H,7-10,13H2,(H2,19,20,22). The van der Waals surface area contributed by atoms with Crippen molar-refractivity contribution >= 4 is 23.1 Å². The van der Waals surface area contributed by atoms with Gasteiger partial charge in [0.2, 0.25) is 0 Å². The molecule has 0 spiro atoms. The van der Waals surface area contributed by atoms with E-state index in [1.165, 1.54) is 11.3 Å². The number of amides is 2. The summed E-state index contributed by atoms with van der Waals surface area (Å²) >= 11 is 1.53. The average Bonchev–Trinajstić information content (AvgIpc) is 3.14. The number of carbonyl (C=O) groups excluding carboxylic acids is 1. The van der Waals surface area contributed by atoms with E-state index in [4.69, 9.17) is 4.74 Å². The zero-order valence-electron chi connectivity index (χ0n) is 13.4. The van der Waals surface area contributed by atoms with E-state index in [-0.39, 0.29) is 18.7 Å². The van der Waals surface area contributed by atoms with Crippen molar-refractivity contribution in [3.05, 3.63) is 52.7 Å². The molecule has 1 aliphatic rings. The third-order valence-corrected chi connectivity index (χ3v) is 5.29. The van der Waals surface area contributed by atoms with Gasteiger partial charge in [-0.3, -0.25) is 0 Å². The molecule has 3 rings (SSSR count). The Bertz CT molecular complexity index is 640. The smallest absolute Gasteiger partial charge is 0.319 e. The van der Waals surface area contributed by atoms with E-state index in [1.807, 2.05) is 47.2 Å². The number of urea groups is 1. The van der Waals surface area contributed by atoms with Gasteiger partial charge in [0.15, 0.2) is 0 Å². The molecular weight excluding hydrogens is 324 g/mol. The van der Waals surface area contributed by atoms with Crippen molar-refractivity contribution in [3.63, 3.8) is 0 Å². The van der Waals surface area contributed by atoms with Gasteiger partial charge < -0.3 is 20.5 Å². The second-order valence-corrected chi connectivity index (χ2v) is 6.87. The van der Waals surface area contributed by atoms with Gasteiger partial charge in [-0.1, -0.05) is 30.3 Å². The molecular formula is C18H22N2O3S. The number of hydrogen-bond donors (Lipinski definition) is 3. The van der Waals surface area contributed by atoms with Crippen LogP contribution in [0.4, 0.5) is 10.5 Å². The van der Waals surface area contributed by atoms with Crippen LogP contribution in [0.25, 0.3) is 0 Å². The molecule has 2 aromatic rings. The number of nitrogens with one attached hydrogen (secondary N) is 2. The Morgan fingerprint density at radius 3 is 2.62 bits per heavy atom. The molecule has 1 saturated heterocycles. The van der Waals surface area contributed by atoms with Crippen LogP contribution in [0.2, 0.25) is 0 Å². The van der Waals surface area contributed by atoms with Crippen molar-refractivity contribution in [2.24, 2.45) is 5.41 Å². The molecule has 5 nitrogen and oxygen atoms in total. The molecule has 2 heterocycles. The second kappa shape index (κ2) is 7.79. The van der Waals surface area contributed by atoms with E-state index in [1.54, 1.807) is 0 Å². The van der Waals surface area contributed by atoms with Crippen molar-refractivity contribution < 1.29 is 14.6 Å². The predicted octanol–water partition coefficient (Wildman–Crippen LogP) is 3.40. The summed E-state index contributed by atoms with van der Waals surface area (Å²) in [6, 6.07) is 11.1. The molecule has 0 aliphatic carbocycles. The molecule has 128 valence electrons. The Morgan fingerprint density at radius 2 is 2.00 bits per heavy atom. The number of benzene rings is 1. The highest BCUT2D eigenvalue weighted by Gasteiger charge is 2.41. The first kappa shape index (κ1) is 17.0. The Hall–Kier alpha value is -1.89. The lowest BCUT2D eigenvalue weighted by Crippen LogP contribution is -2.47. The molecule has 1 aromatic carbocycles. The van der Waals surface area contributed by atoms with Crippen molar-refractivity contribution in [1.82, 2.24) is 5.32 Å². The number of aliphatic hydroxyl groups is 1. The number of hydrogen-bond acceptors (Lipinski definition) is 4. The fourth-order valence-electron chi connectivity index (χ4n) is 3.19. The second-order valence-electron chi connectivity index (χ2n) is 6.09. The number of rotatable bonds is 5. The highest BCUT2D eigenvalue weighted by molar-refractivity contribution is 7.08. The topological polar surface area (TPSA) is 70.6 Å².